The fourth-order valence-corrected chi connectivity index (χ4v) is 5.00. The first-order valence-electron chi connectivity index (χ1n) is 11.0. The number of fused-ring (bicyclic) bond motifs is 3. The zero-order valence-electron chi connectivity index (χ0n) is 17.8. The molecule has 1 aliphatic carbocycles. The molecule has 6 nitrogen and oxygen atoms in total. The van der Waals surface area contributed by atoms with Crippen molar-refractivity contribution in [3.63, 3.8) is 0 Å². The predicted molar refractivity (Wildman–Crippen MR) is 113 cm³/mol. The van der Waals surface area contributed by atoms with Gasteiger partial charge in [-0.05, 0) is 61.3 Å². The zero-order chi connectivity index (χ0) is 21.3. The monoisotopic (exact) mass is 410 g/mol. The van der Waals surface area contributed by atoms with Crippen molar-refractivity contribution < 1.29 is 19.4 Å². The number of benzene rings is 1. The number of carboxylic acid groups (broad SMARTS) is 1. The van der Waals surface area contributed by atoms with Crippen molar-refractivity contribution >= 4 is 16.9 Å². The van der Waals surface area contributed by atoms with Crippen molar-refractivity contribution in [2.24, 2.45) is 5.92 Å². The maximum atomic E-state index is 11.7. The van der Waals surface area contributed by atoms with Crippen LogP contribution in [0.3, 0.4) is 0 Å². The third kappa shape index (κ3) is 3.61. The number of carbonyl (C=O) groups is 1. The number of nitrogens with one attached hydrogen (secondary N) is 1. The summed E-state index contributed by atoms with van der Waals surface area (Å²) in [6, 6.07) is 4.31. The first-order chi connectivity index (χ1) is 14.5. The zero-order valence-corrected chi connectivity index (χ0v) is 17.8. The molecule has 1 saturated carbocycles. The molecule has 1 unspecified atom stereocenters. The van der Waals surface area contributed by atoms with Gasteiger partial charge in [0.2, 0.25) is 0 Å². The van der Waals surface area contributed by atoms with E-state index in [0.29, 0.717) is 37.5 Å². The second kappa shape index (κ2) is 8.41. The minimum absolute atomic E-state index is 0.0844. The fourth-order valence-electron chi connectivity index (χ4n) is 5.00. The third-order valence-corrected chi connectivity index (χ3v) is 6.78. The standard InChI is InChI=1S/C24H30N2O4/c1-3-8-24(11-20(27)28)23-19(7-9-30-24)21-17(12-25)10-18(15(2)22(21)26-23)14-29-13-16-5-4-6-16/h10,16,26H,3-9,11,13-14H2,1-2H3,(H,27,28). The summed E-state index contributed by atoms with van der Waals surface area (Å²) in [5, 5.41) is 20.4. The summed E-state index contributed by atoms with van der Waals surface area (Å²) < 4.78 is 12.1. The van der Waals surface area contributed by atoms with E-state index >= 15 is 0 Å². The normalized spacial score (nSPS) is 21.2. The molecule has 0 radical (unpaired) electrons. The van der Waals surface area contributed by atoms with Crippen LogP contribution in [0, 0.1) is 24.2 Å². The van der Waals surface area contributed by atoms with Crippen LogP contribution in [-0.2, 0) is 32.9 Å². The number of aliphatic carboxylic acids is 1. The number of aromatic nitrogens is 1. The quantitative estimate of drug-likeness (QED) is 0.657. The van der Waals surface area contributed by atoms with Gasteiger partial charge in [0.1, 0.15) is 5.60 Å². The van der Waals surface area contributed by atoms with E-state index in [4.69, 9.17) is 9.47 Å². The van der Waals surface area contributed by atoms with Crippen molar-refractivity contribution in [3.8, 4) is 6.07 Å². The van der Waals surface area contributed by atoms with E-state index in [1.807, 2.05) is 19.9 Å². The molecule has 1 aliphatic heterocycles. The Bertz CT molecular complexity index is 999. The Kier molecular flexibility index (Phi) is 5.86. The fraction of sp³-hybridized carbons (Fsp3) is 0.583. The number of rotatable bonds is 8. The molecule has 0 bridgehead atoms. The molecule has 2 N–H and O–H groups in total. The average Bonchev–Trinajstić information content (AvgIpc) is 3.07. The van der Waals surface area contributed by atoms with Gasteiger partial charge >= 0.3 is 5.97 Å². The predicted octanol–water partition coefficient (Wildman–Crippen LogP) is 4.71. The Morgan fingerprint density at radius 2 is 2.27 bits per heavy atom. The van der Waals surface area contributed by atoms with Gasteiger partial charge in [-0.3, -0.25) is 4.79 Å². The topological polar surface area (TPSA) is 95.3 Å². The molecule has 0 spiro atoms. The van der Waals surface area contributed by atoms with E-state index in [2.05, 4.69) is 11.1 Å². The van der Waals surface area contributed by atoms with Crippen molar-refractivity contribution in [2.75, 3.05) is 13.2 Å². The molecule has 1 fully saturated rings. The minimum atomic E-state index is -0.878. The van der Waals surface area contributed by atoms with Crippen LogP contribution in [0.15, 0.2) is 6.07 Å². The molecular weight excluding hydrogens is 380 g/mol. The first kappa shape index (κ1) is 20.9. The van der Waals surface area contributed by atoms with Crippen molar-refractivity contribution in [1.29, 1.82) is 5.26 Å². The minimum Gasteiger partial charge on any atom is -0.481 e. The van der Waals surface area contributed by atoms with Crippen molar-refractivity contribution in [2.45, 2.75) is 71.0 Å². The third-order valence-electron chi connectivity index (χ3n) is 6.78. The van der Waals surface area contributed by atoms with Gasteiger partial charge in [-0.25, -0.2) is 0 Å². The highest BCUT2D eigenvalue weighted by atomic mass is 16.5. The number of nitrogens with zero attached hydrogens (tertiary/aromatic N) is 1. The summed E-state index contributed by atoms with van der Waals surface area (Å²) in [5.74, 6) is -0.206. The summed E-state index contributed by atoms with van der Waals surface area (Å²) in [6.07, 6.45) is 5.81. The molecule has 6 heteroatoms. The van der Waals surface area contributed by atoms with Gasteiger partial charge in [0.15, 0.2) is 0 Å². The summed E-state index contributed by atoms with van der Waals surface area (Å²) in [7, 11) is 0. The van der Waals surface area contributed by atoms with Crippen LogP contribution >= 0.6 is 0 Å². The van der Waals surface area contributed by atoms with Crippen LogP contribution in [0.1, 0.15) is 73.4 Å². The van der Waals surface area contributed by atoms with E-state index in [0.717, 1.165) is 46.3 Å². The van der Waals surface area contributed by atoms with Crippen LogP contribution in [0.2, 0.25) is 0 Å². The Morgan fingerprint density at radius 1 is 1.47 bits per heavy atom. The molecule has 1 atom stereocenters. The highest BCUT2D eigenvalue weighted by Crippen LogP contribution is 2.44. The molecule has 2 heterocycles. The van der Waals surface area contributed by atoms with E-state index in [-0.39, 0.29) is 6.42 Å². The van der Waals surface area contributed by atoms with Gasteiger partial charge in [0.05, 0.1) is 42.5 Å². The smallest absolute Gasteiger partial charge is 0.306 e. The summed E-state index contributed by atoms with van der Waals surface area (Å²) in [5.41, 5.74) is 4.61. The van der Waals surface area contributed by atoms with E-state index in [9.17, 15) is 15.2 Å². The number of hydrogen-bond donors (Lipinski definition) is 2. The maximum Gasteiger partial charge on any atom is 0.306 e. The van der Waals surface area contributed by atoms with E-state index in [1.54, 1.807) is 0 Å². The van der Waals surface area contributed by atoms with Crippen LogP contribution in [-0.4, -0.2) is 29.3 Å². The van der Waals surface area contributed by atoms with Gasteiger partial charge in [-0.15, -0.1) is 0 Å². The number of carboxylic acids is 1. The molecular formula is C24H30N2O4. The first-order valence-corrected chi connectivity index (χ1v) is 11.0. The molecule has 2 aliphatic rings. The van der Waals surface area contributed by atoms with Gasteiger partial charge < -0.3 is 19.6 Å². The lowest BCUT2D eigenvalue weighted by Gasteiger charge is -2.36. The molecule has 1 aromatic carbocycles. The van der Waals surface area contributed by atoms with Crippen LogP contribution < -0.4 is 0 Å². The summed E-state index contributed by atoms with van der Waals surface area (Å²) >= 11 is 0. The summed E-state index contributed by atoms with van der Waals surface area (Å²) in [6.45, 7) is 5.80. The Morgan fingerprint density at radius 3 is 2.90 bits per heavy atom. The van der Waals surface area contributed by atoms with Crippen LogP contribution in [0.4, 0.5) is 0 Å². The van der Waals surface area contributed by atoms with Gasteiger partial charge in [-0.1, -0.05) is 19.8 Å². The number of aryl methyl sites for hydroxylation is 1. The number of nitriles is 1. The SMILES string of the molecule is CCCC1(CC(=O)O)OCCc2c1[nH]c1c(C)c(COCC3CCC3)cc(C#N)c21. The Labute approximate surface area is 177 Å². The number of hydrogen-bond acceptors (Lipinski definition) is 4. The highest BCUT2D eigenvalue weighted by molar-refractivity contribution is 5.94. The number of aromatic amines is 1. The highest BCUT2D eigenvalue weighted by Gasteiger charge is 2.42. The molecule has 0 amide bonds. The van der Waals surface area contributed by atoms with Gasteiger partial charge in [0.25, 0.3) is 0 Å². The molecule has 160 valence electrons. The lowest BCUT2D eigenvalue weighted by Crippen LogP contribution is -2.37. The average molecular weight is 411 g/mol. The Hall–Kier alpha value is -2.36. The van der Waals surface area contributed by atoms with Crippen molar-refractivity contribution in [3.05, 3.63) is 34.0 Å². The Balaban J connectivity index is 1.77. The summed E-state index contributed by atoms with van der Waals surface area (Å²) in [4.78, 5) is 15.2. The lowest BCUT2D eigenvalue weighted by molar-refractivity contribution is -0.149. The lowest BCUT2D eigenvalue weighted by atomic mass is 9.84. The second-order valence-corrected chi connectivity index (χ2v) is 8.77. The molecule has 0 saturated heterocycles. The molecule has 4 rings (SSSR count). The van der Waals surface area contributed by atoms with Crippen LogP contribution in [0.25, 0.3) is 10.9 Å². The maximum absolute atomic E-state index is 11.7. The van der Waals surface area contributed by atoms with Crippen molar-refractivity contribution in [1.82, 2.24) is 4.98 Å². The number of ether oxygens (including phenoxy) is 2. The molecule has 30 heavy (non-hydrogen) atoms. The van der Waals surface area contributed by atoms with Crippen LogP contribution in [0.5, 0.6) is 0 Å². The second-order valence-electron chi connectivity index (χ2n) is 8.77. The number of H-pyrrole nitrogens is 1. The van der Waals surface area contributed by atoms with Gasteiger partial charge in [-0.2, -0.15) is 5.26 Å². The van der Waals surface area contributed by atoms with E-state index in [1.165, 1.54) is 19.3 Å². The molecule has 2 aromatic rings. The van der Waals surface area contributed by atoms with E-state index < -0.39 is 11.6 Å². The van der Waals surface area contributed by atoms with Gasteiger partial charge in [0, 0.05) is 12.0 Å². The molecule has 1 aromatic heterocycles. The largest absolute Gasteiger partial charge is 0.481 e.